The van der Waals surface area contributed by atoms with E-state index in [0.29, 0.717) is 24.7 Å². The van der Waals surface area contributed by atoms with Crippen LogP contribution >= 0.6 is 7.68 Å². The lowest BCUT2D eigenvalue weighted by molar-refractivity contribution is -0.00240. The Labute approximate surface area is 136 Å². The first-order valence-corrected chi connectivity index (χ1v) is 9.88. The summed E-state index contributed by atoms with van der Waals surface area (Å²) in [5, 5.41) is 0. The Balaban J connectivity index is 4.16. The maximum absolute atomic E-state index is 5.91. The van der Waals surface area contributed by atoms with Gasteiger partial charge in [0.25, 0.3) is 0 Å². The number of ether oxygens (including phenoxy) is 2. The van der Waals surface area contributed by atoms with Gasteiger partial charge in [-0.05, 0) is 46.3 Å². The zero-order valence-electron chi connectivity index (χ0n) is 15.6. The normalized spacial score (nSPS) is 17.2. The lowest BCUT2D eigenvalue weighted by Crippen LogP contribution is -2.28. The summed E-state index contributed by atoms with van der Waals surface area (Å²) in [4.78, 5) is 0. The lowest BCUT2D eigenvalue weighted by atomic mass is 9.66. The van der Waals surface area contributed by atoms with Crippen molar-refractivity contribution in [3.8, 4) is 0 Å². The van der Waals surface area contributed by atoms with Gasteiger partial charge in [0, 0.05) is 18.7 Å². The summed E-state index contributed by atoms with van der Waals surface area (Å²) in [6.07, 6.45) is 0.649. The summed E-state index contributed by atoms with van der Waals surface area (Å²) in [6.45, 7) is 23.2. The largest absolute Gasteiger partial charge is 0.386 e. The highest BCUT2D eigenvalue weighted by molar-refractivity contribution is 8.09. The molecule has 0 aromatic rings. The Kier molecular flexibility index (Phi) is 9.22. The van der Waals surface area contributed by atoms with Gasteiger partial charge in [0.15, 0.2) is 6.43 Å². The molecule has 0 amide bonds. The van der Waals surface area contributed by atoms with Crippen LogP contribution in [0.4, 0.5) is 0 Å². The summed E-state index contributed by atoms with van der Waals surface area (Å²) >= 11 is 0. The SMILES string of the molecule is [B]C(C)(C)OCC(C)[B]P(C)B(C)C(C)COC(C)(C)C. The average molecular weight is 309 g/mol. The molecule has 21 heavy (non-hydrogen) atoms. The van der Waals surface area contributed by atoms with Crippen LogP contribution in [-0.4, -0.2) is 52.3 Å². The smallest absolute Gasteiger partial charge is 0.162 e. The Morgan fingerprint density at radius 3 is 2.05 bits per heavy atom. The monoisotopic (exact) mass is 309 g/mol. The second kappa shape index (κ2) is 8.99. The predicted octanol–water partition coefficient (Wildman–Crippen LogP) is 4.27. The summed E-state index contributed by atoms with van der Waals surface area (Å²) in [5.74, 6) is 0.998. The fourth-order valence-electron chi connectivity index (χ4n) is 1.85. The van der Waals surface area contributed by atoms with Crippen LogP contribution in [0.15, 0.2) is 0 Å². The van der Waals surface area contributed by atoms with Gasteiger partial charge < -0.3 is 9.47 Å². The van der Waals surface area contributed by atoms with Gasteiger partial charge in [0.05, 0.1) is 5.60 Å². The molecule has 0 aromatic carbocycles. The molecule has 0 fully saturated rings. The van der Waals surface area contributed by atoms with Crippen molar-refractivity contribution < 1.29 is 9.47 Å². The van der Waals surface area contributed by atoms with E-state index in [-0.39, 0.29) is 13.3 Å². The molecule has 0 aromatic heterocycles. The van der Waals surface area contributed by atoms with E-state index in [0.717, 1.165) is 6.61 Å². The highest BCUT2D eigenvalue weighted by Crippen LogP contribution is 2.41. The molecule has 119 valence electrons. The van der Waals surface area contributed by atoms with Gasteiger partial charge in [-0.2, -0.15) is 7.68 Å². The third-order valence-corrected chi connectivity index (χ3v) is 6.23. The van der Waals surface area contributed by atoms with Gasteiger partial charge in [-0.15, -0.1) is 0 Å². The van der Waals surface area contributed by atoms with Gasteiger partial charge in [-0.1, -0.05) is 27.3 Å². The first-order valence-electron chi connectivity index (χ1n) is 7.95. The molecule has 3 radical (unpaired) electrons. The topological polar surface area (TPSA) is 18.5 Å². The first-order chi connectivity index (χ1) is 9.32. The minimum Gasteiger partial charge on any atom is -0.386 e. The molecular formula is C15H33B3O2P. The van der Waals surface area contributed by atoms with Crippen molar-refractivity contribution in [1.82, 2.24) is 0 Å². The highest BCUT2D eigenvalue weighted by atomic mass is 31.1. The van der Waals surface area contributed by atoms with Crippen molar-refractivity contribution in [1.29, 1.82) is 0 Å². The molecule has 0 aliphatic heterocycles. The molecule has 3 unspecified atom stereocenters. The third kappa shape index (κ3) is 11.7. The molecule has 0 saturated carbocycles. The Morgan fingerprint density at radius 1 is 1.10 bits per heavy atom. The first kappa shape index (κ1) is 21.5. The van der Waals surface area contributed by atoms with Crippen LogP contribution in [0.25, 0.3) is 0 Å². The van der Waals surface area contributed by atoms with Crippen LogP contribution in [0.3, 0.4) is 0 Å². The van der Waals surface area contributed by atoms with E-state index in [1.807, 2.05) is 13.8 Å². The maximum atomic E-state index is 5.91. The fraction of sp³-hybridized carbons (Fsp3) is 1.00. The van der Waals surface area contributed by atoms with Crippen LogP contribution in [0.2, 0.25) is 18.5 Å². The van der Waals surface area contributed by atoms with Crippen LogP contribution < -0.4 is 0 Å². The van der Waals surface area contributed by atoms with E-state index in [9.17, 15) is 0 Å². The van der Waals surface area contributed by atoms with E-state index in [1.54, 1.807) is 0 Å². The Bertz CT molecular complexity index is 290. The van der Waals surface area contributed by atoms with Crippen molar-refractivity contribution in [2.24, 2.45) is 0 Å². The van der Waals surface area contributed by atoms with Gasteiger partial charge in [-0.25, -0.2) is 0 Å². The van der Waals surface area contributed by atoms with Crippen LogP contribution in [0.1, 0.15) is 48.5 Å². The van der Waals surface area contributed by atoms with E-state index >= 15 is 0 Å². The minimum absolute atomic E-state index is 0.0535. The zero-order chi connectivity index (χ0) is 16.8. The predicted molar refractivity (Wildman–Crippen MR) is 101 cm³/mol. The molecule has 0 aliphatic rings. The van der Waals surface area contributed by atoms with Gasteiger partial charge in [-0.3, -0.25) is 0 Å². The molecule has 0 N–H and O–H groups in total. The van der Waals surface area contributed by atoms with Crippen molar-refractivity contribution >= 4 is 29.0 Å². The van der Waals surface area contributed by atoms with Crippen LogP contribution in [0, 0.1) is 0 Å². The molecule has 6 heteroatoms. The second-order valence-corrected chi connectivity index (χ2v) is 10.3. The molecule has 0 aliphatic carbocycles. The van der Waals surface area contributed by atoms with Gasteiger partial charge in [0.1, 0.15) is 14.8 Å². The van der Waals surface area contributed by atoms with E-state index in [4.69, 9.17) is 17.3 Å². The second-order valence-electron chi connectivity index (χ2n) is 7.85. The van der Waals surface area contributed by atoms with Crippen LogP contribution in [-0.2, 0) is 9.47 Å². The van der Waals surface area contributed by atoms with E-state index in [1.165, 1.54) is 0 Å². The van der Waals surface area contributed by atoms with Crippen molar-refractivity contribution in [2.45, 2.75) is 78.0 Å². The molecular weight excluding hydrogens is 276 g/mol. The standard InChI is InChI=1S/C15H33B3O2P/c1-12(10-20-15(6,7)16)17-21(9)18(8)13(2)11-19-14(3,4)5/h12-13H,10-11H2,1-9H3. The van der Waals surface area contributed by atoms with Crippen molar-refractivity contribution in [3.63, 3.8) is 0 Å². The molecule has 0 rings (SSSR count). The molecule has 0 bridgehead atoms. The van der Waals surface area contributed by atoms with Crippen molar-refractivity contribution in [3.05, 3.63) is 0 Å². The number of rotatable bonds is 9. The molecule has 2 nitrogen and oxygen atoms in total. The molecule has 0 saturated heterocycles. The molecule has 0 heterocycles. The summed E-state index contributed by atoms with van der Waals surface area (Å²) < 4.78 is 11.6. The van der Waals surface area contributed by atoms with Gasteiger partial charge >= 0.3 is 0 Å². The highest BCUT2D eigenvalue weighted by Gasteiger charge is 2.26. The summed E-state index contributed by atoms with van der Waals surface area (Å²) in [5.41, 5.74) is -0.597. The number of hydrogen-bond acceptors (Lipinski definition) is 2. The van der Waals surface area contributed by atoms with Crippen molar-refractivity contribution in [2.75, 3.05) is 19.9 Å². The van der Waals surface area contributed by atoms with E-state index in [2.05, 4.69) is 55.1 Å². The summed E-state index contributed by atoms with van der Waals surface area (Å²) in [7, 11) is 5.71. The zero-order valence-corrected chi connectivity index (χ0v) is 16.5. The Morgan fingerprint density at radius 2 is 1.62 bits per heavy atom. The molecule has 0 spiro atoms. The Hall–Kier alpha value is 0.545. The minimum atomic E-state index is -0.544. The fourth-order valence-corrected chi connectivity index (χ4v) is 3.90. The van der Waals surface area contributed by atoms with Gasteiger partial charge in [0.2, 0.25) is 0 Å². The van der Waals surface area contributed by atoms with Crippen LogP contribution in [0.5, 0.6) is 0 Å². The summed E-state index contributed by atoms with van der Waals surface area (Å²) in [6, 6.07) is 0. The lowest BCUT2D eigenvalue weighted by Gasteiger charge is -2.29. The molecule has 3 atom stereocenters. The van der Waals surface area contributed by atoms with E-state index < -0.39 is 5.50 Å². The third-order valence-electron chi connectivity index (χ3n) is 3.45. The average Bonchev–Trinajstić information content (AvgIpc) is 2.30. The number of hydrogen-bond donors (Lipinski definition) is 0. The quantitative estimate of drug-likeness (QED) is 0.468. The maximum Gasteiger partial charge on any atom is 0.162 e.